The Kier molecular flexibility index (Phi) is 4.16. The molecule has 19 heavy (non-hydrogen) atoms. The highest BCUT2D eigenvalue weighted by molar-refractivity contribution is 5.01. The second kappa shape index (κ2) is 5.71. The molecule has 0 aromatic rings. The lowest BCUT2D eigenvalue weighted by Gasteiger charge is -2.50. The van der Waals surface area contributed by atoms with E-state index < -0.39 is 0 Å². The van der Waals surface area contributed by atoms with Gasteiger partial charge in [0.2, 0.25) is 0 Å². The molecule has 110 valence electrons. The molecule has 3 rings (SSSR count). The first-order valence-electron chi connectivity index (χ1n) is 8.35. The van der Waals surface area contributed by atoms with Crippen LogP contribution in [0.5, 0.6) is 0 Å². The van der Waals surface area contributed by atoms with E-state index in [-0.39, 0.29) is 5.54 Å². The lowest BCUT2D eigenvalue weighted by Crippen LogP contribution is -2.55. The molecule has 0 bridgehead atoms. The Morgan fingerprint density at radius 3 is 2.26 bits per heavy atom. The van der Waals surface area contributed by atoms with Gasteiger partial charge in [-0.3, -0.25) is 4.90 Å². The maximum absolute atomic E-state index is 10.1. The minimum Gasteiger partial charge on any atom is -0.394 e. The molecule has 1 aliphatic heterocycles. The largest absolute Gasteiger partial charge is 0.394 e. The summed E-state index contributed by atoms with van der Waals surface area (Å²) in [4.78, 5) is 2.61. The first-order valence-corrected chi connectivity index (χ1v) is 8.35. The van der Waals surface area contributed by atoms with E-state index in [2.05, 4.69) is 10.2 Å². The molecule has 3 aliphatic rings. The van der Waals surface area contributed by atoms with Crippen LogP contribution in [0.2, 0.25) is 0 Å². The highest BCUT2D eigenvalue weighted by Crippen LogP contribution is 2.52. The zero-order valence-electron chi connectivity index (χ0n) is 12.3. The monoisotopic (exact) mass is 266 g/mol. The van der Waals surface area contributed by atoms with Crippen molar-refractivity contribution in [1.82, 2.24) is 10.2 Å². The van der Waals surface area contributed by atoms with Crippen molar-refractivity contribution in [2.75, 3.05) is 32.8 Å². The van der Waals surface area contributed by atoms with Crippen molar-refractivity contribution in [3.8, 4) is 0 Å². The normalized spacial score (nSPS) is 31.4. The molecule has 1 saturated heterocycles. The van der Waals surface area contributed by atoms with E-state index in [1.165, 1.54) is 64.3 Å². The van der Waals surface area contributed by atoms with Gasteiger partial charge in [0.15, 0.2) is 0 Å². The summed E-state index contributed by atoms with van der Waals surface area (Å²) >= 11 is 0. The summed E-state index contributed by atoms with van der Waals surface area (Å²) in [7, 11) is 0. The zero-order valence-corrected chi connectivity index (χ0v) is 12.3. The average Bonchev–Trinajstić information content (AvgIpc) is 2.74. The fourth-order valence-corrected chi connectivity index (χ4v) is 4.77. The van der Waals surface area contributed by atoms with Gasteiger partial charge in [0.1, 0.15) is 0 Å². The topological polar surface area (TPSA) is 35.5 Å². The molecular formula is C16H30N2O. The van der Waals surface area contributed by atoms with Crippen LogP contribution in [-0.2, 0) is 0 Å². The quantitative estimate of drug-likeness (QED) is 0.804. The maximum atomic E-state index is 10.1. The second-order valence-electron chi connectivity index (χ2n) is 7.18. The van der Waals surface area contributed by atoms with Crippen LogP contribution in [0.15, 0.2) is 0 Å². The molecular weight excluding hydrogens is 236 g/mol. The van der Waals surface area contributed by atoms with Crippen molar-refractivity contribution >= 4 is 0 Å². The summed E-state index contributed by atoms with van der Waals surface area (Å²) in [6, 6.07) is 0. The summed E-state index contributed by atoms with van der Waals surface area (Å²) in [5, 5.41) is 13.5. The van der Waals surface area contributed by atoms with Crippen molar-refractivity contribution < 1.29 is 5.11 Å². The van der Waals surface area contributed by atoms with Gasteiger partial charge < -0.3 is 10.4 Å². The third-order valence-corrected chi connectivity index (χ3v) is 6.21. The van der Waals surface area contributed by atoms with E-state index in [1.54, 1.807) is 0 Å². The van der Waals surface area contributed by atoms with Gasteiger partial charge >= 0.3 is 0 Å². The number of hydrogen-bond acceptors (Lipinski definition) is 3. The molecule has 2 N–H and O–H groups in total. The van der Waals surface area contributed by atoms with Gasteiger partial charge in [0, 0.05) is 25.2 Å². The minimum atomic E-state index is 0.111. The van der Waals surface area contributed by atoms with Crippen molar-refractivity contribution in [2.45, 2.75) is 63.3 Å². The predicted molar refractivity (Wildman–Crippen MR) is 78.2 cm³/mol. The first kappa shape index (κ1) is 13.8. The molecule has 0 radical (unpaired) electrons. The Labute approximate surface area is 117 Å². The lowest BCUT2D eigenvalue weighted by atomic mass is 9.66. The van der Waals surface area contributed by atoms with Crippen LogP contribution in [0, 0.1) is 5.41 Å². The fraction of sp³-hybridized carbons (Fsp3) is 1.00. The summed E-state index contributed by atoms with van der Waals surface area (Å²) in [6.07, 6.45) is 12.2. The van der Waals surface area contributed by atoms with Crippen LogP contribution >= 0.6 is 0 Å². The Morgan fingerprint density at radius 1 is 0.842 bits per heavy atom. The van der Waals surface area contributed by atoms with Gasteiger partial charge in [0.25, 0.3) is 0 Å². The van der Waals surface area contributed by atoms with Crippen molar-refractivity contribution in [3.05, 3.63) is 0 Å². The number of rotatable bonds is 2. The van der Waals surface area contributed by atoms with Crippen molar-refractivity contribution in [1.29, 1.82) is 0 Å². The van der Waals surface area contributed by atoms with Gasteiger partial charge in [0.05, 0.1) is 6.61 Å². The van der Waals surface area contributed by atoms with Gasteiger partial charge in [-0.15, -0.1) is 0 Å². The number of hydrogen-bond donors (Lipinski definition) is 2. The maximum Gasteiger partial charge on any atom is 0.0615 e. The Bertz CT molecular complexity index is 281. The number of aliphatic hydroxyl groups excluding tert-OH is 1. The van der Waals surface area contributed by atoms with Crippen molar-refractivity contribution in [3.63, 3.8) is 0 Å². The van der Waals surface area contributed by atoms with Crippen LogP contribution in [0.4, 0.5) is 0 Å². The van der Waals surface area contributed by atoms with Gasteiger partial charge in [-0.2, -0.15) is 0 Å². The van der Waals surface area contributed by atoms with Crippen LogP contribution in [-0.4, -0.2) is 48.3 Å². The second-order valence-corrected chi connectivity index (χ2v) is 7.18. The van der Waals surface area contributed by atoms with Crippen LogP contribution in [0.3, 0.4) is 0 Å². The molecule has 0 amide bonds. The predicted octanol–water partition coefficient (Wildman–Crippen LogP) is 2.15. The Morgan fingerprint density at radius 2 is 1.58 bits per heavy atom. The molecule has 0 unspecified atom stereocenters. The van der Waals surface area contributed by atoms with Crippen LogP contribution in [0.1, 0.15) is 57.8 Å². The molecule has 1 spiro atoms. The van der Waals surface area contributed by atoms with E-state index in [0.29, 0.717) is 12.0 Å². The first-order chi connectivity index (χ1) is 9.29. The highest BCUT2D eigenvalue weighted by Gasteiger charge is 2.46. The number of aliphatic hydroxyl groups is 1. The SMILES string of the molecule is OCC1(N2CCCNCC2)CCC2(CCCC2)CC1. The zero-order chi connectivity index (χ0) is 13.2. The Balaban J connectivity index is 1.67. The number of nitrogens with zero attached hydrogens (tertiary/aromatic N) is 1. The molecule has 0 aromatic carbocycles. The third-order valence-electron chi connectivity index (χ3n) is 6.21. The average molecular weight is 266 g/mol. The van der Waals surface area contributed by atoms with E-state index in [9.17, 15) is 5.11 Å². The molecule has 2 saturated carbocycles. The minimum absolute atomic E-state index is 0.111. The van der Waals surface area contributed by atoms with Crippen LogP contribution < -0.4 is 5.32 Å². The molecule has 1 heterocycles. The number of nitrogens with one attached hydrogen (secondary N) is 1. The fourth-order valence-electron chi connectivity index (χ4n) is 4.77. The molecule has 3 nitrogen and oxygen atoms in total. The Hall–Kier alpha value is -0.120. The summed E-state index contributed by atoms with van der Waals surface area (Å²) in [5.74, 6) is 0. The molecule has 0 atom stereocenters. The van der Waals surface area contributed by atoms with Crippen LogP contribution in [0.25, 0.3) is 0 Å². The molecule has 3 fully saturated rings. The summed E-state index contributed by atoms with van der Waals surface area (Å²) in [6.45, 7) is 4.88. The smallest absolute Gasteiger partial charge is 0.0615 e. The van der Waals surface area contributed by atoms with E-state index in [0.717, 1.165) is 19.6 Å². The highest BCUT2D eigenvalue weighted by atomic mass is 16.3. The van der Waals surface area contributed by atoms with Gasteiger partial charge in [-0.1, -0.05) is 12.8 Å². The standard InChI is InChI=1S/C16H30N2O/c19-14-16(18-12-3-10-17-11-13-18)8-6-15(7-9-16)4-1-2-5-15/h17,19H,1-14H2. The molecule has 3 heteroatoms. The van der Waals surface area contributed by atoms with Crippen molar-refractivity contribution in [2.24, 2.45) is 5.41 Å². The molecule has 0 aromatic heterocycles. The van der Waals surface area contributed by atoms with E-state index in [4.69, 9.17) is 0 Å². The summed E-state index contributed by atoms with van der Waals surface area (Å²) < 4.78 is 0. The van der Waals surface area contributed by atoms with E-state index >= 15 is 0 Å². The third kappa shape index (κ3) is 2.70. The molecule has 2 aliphatic carbocycles. The van der Waals surface area contributed by atoms with E-state index in [1.807, 2.05) is 0 Å². The van der Waals surface area contributed by atoms with Gasteiger partial charge in [-0.05, 0) is 56.9 Å². The summed E-state index contributed by atoms with van der Waals surface area (Å²) in [5.41, 5.74) is 0.780. The lowest BCUT2D eigenvalue weighted by molar-refractivity contribution is -0.0261. The van der Waals surface area contributed by atoms with Gasteiger partial charge in [-0.25, -0.2) is 0 Å².